The lowest BCUT2D eigenvalue weighted by molar-refractivity contribution is 0.0637. The Labute approximate surface area is 88.7 Å². The van der Waals surface area contributed by atoms with Gasteiger partial charge < -0.3 is 10.1 Å². The van der Waals surface area contributed by atoms with Crippen molar-refractivity contribution in [3.8, 4) is 0 Å². The van der Waals surface area contributed by atoms with Crippen molar-refractivity contribution in [2.75, 3.05) is 19.7 Å². The number of unbranched alkanes of at least 4 members (excludes halogenated alkanes) is 3. The van der Waals surface area contributed by atoms with Crippen molar-refractivity contribution in [2.24, 2.45) is 0 Å². The lowest BCUT2D eigenvalue weighted by atomic mass is 10.2. The van der Waals surface area contributed by atoms with E-state index in [-0.39, 0.29) is 0 Å². The fraction of sp³-hybridized carbons (Fsp3) is 0.833. The van der Waals surface area contributed by atoms with Gasteiger partial charge in [-0.15, -0.1) is 6.58 Å². The van der Waals surface area contributed by atoms with E-state index >= 15 is 0 Å². The van der Waals surface area contributed by atoms with Gasteiger partial charge in [0.25, 0.3) is 0 Å². The summed E-state index contributed by atoms with van der Waals surface area (Å²) in [5.74, 6) is 0. The van der Waals surface area contributed by atoms with E-state index in [1.807, 2.05) is 6.08 Å². The molecule has 1 unspecified atom stereocenters. The van der Waals surface area contributed by atoms with Crippen LogP contribution in [0.5, 0.6) is 0 Å². The first kappa shape index (κ1) is 13.7. The molecule has 0 amide bonds. The van der Waals surface area contributed by atoms with E-state index < -0.39 is 0 Å². The van der Waals surface area contributed by atoms with Crippen LogP contribution in [-0.4, -0.2) is 25.8 Å². The molecule has 0 heterocycles. The van der Waals surface area contributed by atoms with E-state index in [1.54, 1.807) is 0 Å². The Morgan fingerprint density at radius 3 is 2.79 bits per heavy atom. The molecular weight excluding hydrogens is 174 g/mol. The lowest BCUT2D eigenvalue weighted by Gasteiger charge is -2.12. The number of rotatable bonds is 10. The van der Waals surface area contributed by atoms with Crippen LogP contribution in [0.4, 0.5) is 0 Å². The zero-order chi connectivity index (χ0) is 10.6. The summed E-state index contributed by atoms with van der Waals surface area (Å²) in [5, 5.41) is 3.24. The molecule has 2 heteroatoms. The molecule has 1 atom stereocenters. The van der Waals surface area contributed by atoms with Crippen LogP contribution in [0.3, 0.4) is 0 Å². The fourth-order valence-corrected chi connectivity index (χ4v) is 1.26. The monoisotopic (exact) mass is 199 g/mol. The molecule has 84 valence electrons. The quantitative estimate of drug-likeness (QED) is 0.431. The summed E-state index contributed by atoms with van der Waals surface area (Å²) in [4.78, 5) is 0. The molecule has 0 aliphatic heterocycles. The highest BCUT2D eigenvalue weighted by Crippen LogP contribution is 2.00. The zero-order valence-electron chi connectivity index (χ0n) is 9.72. The second-order valence-corrected chi connectivity index (χ2v) is 3.69. The lowest BCUT2D eigenvalue weighted by Crippen LogP contribution is -2.27. The Morgan fingerprint density at radius 2 is 2.14 bits per heavy atom. The zero-order valence-corrected chi connectivity index (χ0v) is 9.72. The minimum Gasteiger partial charge on any atom is -0.377 e. The van der Waals surface area contributed by atoms with Gasteiger partial charge in [0.2, 0.25) is 0 Å². The third-order valence-electron chi connectivity index (χ3n) is 2.12. The highest BCUT2D eigenvalue weighted by atomic mass is 16.5. The van der Waals surface area contributed by atoms with Crippen LogP contribution in [0.2, 0.25) is 0 Å². The van der Waals surface area contributed by atoms with Gasteiger partial charge in [-0.1, -0.05) is 32.3 Å². The smallest absolute Gasteiger partial charge is 0.0671 e. The van der Waals surface area contributed by atoms with E-state index in [2.05, 4.69) is 25.7 Å². The van der Waals surface area contributed by atoms with Crippen molar-refractivity contribution in [3.05, 3.63) is 12.7 Å². The van der Waals surface area contributed by atoms with Crippen LogP contribution in [0, 0.1) is 0 Å². The van der Waals surface area contributed by atoms with Crippen molar-refractivity contribution >= 4 is 0 Å². The molecule has 0 saturated heterocycles. The van der Waals surface area contributed by atoms with Crippen molar-refractivity contribution < 1.29 is 4.74 Å². The first-order valence-electron chi connectivity index (χ1n) is 5.74. The highest BCUT2D eigenvalue weighted by molar-refractivity contribution is 4.70. The van der Waals surface area contributed by atoms with Gasteiger partial charge in [0.15, 0.2) is 0 Å². The van der Waals surface area contributed by atoms with Crippen molar-refractivity contribution in [2.45, 2.75) is 45.6 Å². The molecular formula is C12H25NO. The van der Waals surface area contributed by atoms with E-state index in [0.717, 1.165) is 19.7 Å². The topological polar surface area (TPSA) is 21.3 Å². The average molecular weight is 199 g/mol. The third kappa shape index (κ3) is 9.75. The van der Waals surface area contributed by atoms with E-state index in [1.165, 1.54) is 25.7 Å². The van der Waals surface area contributed by atoms with Crippen LogP contribution in [-0.2, 0) is 4.74 Å². The Hall–Kier alpha value is -0.340. The maximum absolute atomic E-state index is 5.64. The number of hydrogen-bond acceptors (Lipinski definition) is 2. The average Bonchev–Trinajstić information content (AvgIpc) is 2.18. The Bertz CT molecular complexity index is 125. The molecule has 0 aliphatic carbocycles. The molecule has 1 N–H and O–H groups in total. The minimum atomic E-state index is 0.316. The molecule has 0 radical (unpaired) electrons. The molecule has 0 aromatic rings. The molecule has 0 saturated carbocycles. The molecule has 0 rings (SSSR count). The van der Waals surface area contributed by atoms with Crippen molar-refractivity contribution in [1.82, 2.24) is 5.32 Å². The number of nitrogens with one attached hydrogen (secondary N) is 1. The number of hydrogen-bond donors (Lipinski definition) is 1. The molecule has 14 heavy (non-hydrogen) atoms. The Kier molecular flexibility index (Phi) is 10.5. The number of ether oxygens (including phenoxy) is 1. The van der Waals surface area contributed by atoms with Gasteiger partial charge in [0.05, 0.1) is 6.10 Å². The second kappa shape index (κ2) is 10.7. The molecule has 0 fully saturated rings. The summed E-state index contributed by atoms with van der Waals surface area (Å²) in [6.07, 6.45) is 7.29. The van der Waals surface area contributed by atoms with Gasteiger partial charge in [-0.25, -0.2) is 0 Å². The van der Waals surface area contributed by atoms with Gasteiger partial charge >= 0.3 is 0 Å². The maximum Gasteiger partial charge on any atom is 0.0671 e. The molecule has 0 aliphatic rings. The van der Waals surface area contributed by atoms with Crippen LogP contribution in [0.15, 0.2) is 12.7 Å². The molecule has 0 aromatic heterocycles. The van der Waals surface area contributed by atoms with Crippen molar-refractivity contribution in [1.29, 1.82) is 0 Å². The first-order valence-corrected chi connectivity index (χ1v) is 5.74. The van der Waals surface area contributed by atoms with Crippen LogP contribution < -0.4 is 5.32 Å². The van der Waals surface area contributed by atoms with E-state index in [0.29, 0.717) is 6.10 Å². The van der Waals surface area contributed by atoms with Gasteiger partial charge in [-0.3, -0.25) is 0 Å². The van der Waals surface area contributed by atoms with Gasteiger partial charge in [0.1, 0.15) is 0 Å². The second-order valence-electron chi connectivity index (χ2n) is 3.69. The van der Waals surface area contributed by atoms with Gasteiger partial charge in [-0.2, -0.15) is 0 Å². The SMILES string of the molecule is C=CCNCC(C)OCCCCCC. The summed E-state index contributed by atoms with van der Waals surface area (Å²) in [6.45, 7) is 10.7. The standard InChI is InChI=1S/C12H25NO/c1-4-6-7-8-10-14-12(3)11-13-9-5-2/h5,12-13H,2,4,6-11H2,1,3H3. The van der Waals surface area contributed by atoms with Crippen LogP contribution >= 0.6 is 0 Å². The summed E-state index contributed by atoms with van der Waals surface area (Å²) < 4.78 is 5.64. The predicted octanol–water partition coefficient (Wildman–Crippen LogP) is 2.75. The summed E-state index contributed by atoms with van der Waals surface area (Å²) in [5.41, 5.74) is 0. The highest BCUT2D eigenvalue weighted by Gasteiger charge is 1.99. The molecule has 2 nitrogen and oxygen atoms in total. The Balaban J connectivity index is 3.09. The summed E-state index contributed by atoms with van der Waals surface area (Å²) >= 11 is 0. The van der Waals surface area contributed by atoms with E-state index in [9.17, 15) is 0 Å². The maximum atomic E-state index is 5.64. The fourth-order valence-electron chi connectivity index (χ4n) is 1.26. The minimum absolute atomic E-state index is 0.316. The molecule has 0 bridgehead atoms. The van der Waals surface area contributed by atoms with Gasteiger partial charge in [-0.05, 0) is 13.3 Å². The van der Waals surface area contributed by atoms with Crippen LogP contribution in [0.1, 0.15) is 39.5 Å². The summed E-state index contributed by atoms with van der Waals surface area (Å²) in [6, 6.07) is 0. The van der Waals surface area contributed by atoms with E-state index in [4.69, 9.17) is 4.74 Å². The Morgan fingerprint density at radius 1 is 1.36 bits per heavy atom. The third-order valence-corrected chi connectivity index (χ3v) is 2.12. The summed E-state index contributed by atoms with van der Waals surface area (Å²) in [7, 11) is 0. The first-order chi connectivity index (χ1) is 6.81. The predicted molar refractivity (Wildman–Crippen MR) is 62.6 cm³/mol. The normalized spacial score (nSPS) is 12.7. The van der Waals surface area contributed by atoms with Gasteiger partial charge in [0, 0.05) is 19.7 Å². The largest absolute Gasteiger partial charge is 0.377 e. The van der Waals surface area contributed by atoms with Crippen LogP contribution in [0.25, 0.3) is 0 Å². The molecule has 0 spiro atoms. The molecule has 0 aromatic carbocycles. The van der Waals surface area contributed by atoms with Crippen molar-refractivity contribution in [3.63, 3.8) is 0 Å².